The average molecular weight is 491 g/mol. The van der Waals surface area contributed by atoms with Gasteiger partial charge in [0.1, 0.15) is 23.7 Å². The Balaban J connectivity index is 1.63. The van der Waals surface area contributed by atoms with Gasteiger partial charge in [-0.3, -0.25) is 14.9 Å². The molecule has 0 unspecified atom stereocenters. The first-order valence-corrected chi connectivity index (χ1v) is 11.4. The van der Waals surface area contributed by atoms with Crippen molar-refractivity contribution >= 4 is 41.2 Å². The van der Waals surface area contributed by atoms with E-state index in [4.69, 9.17) is 21.1 Å². The van der Waals surface area contributed by atoms with E-state index in [0.29, 0.717) is 34.4 Å². The van der Waals surface area contributed by atoms with Gasteiger partial charge in [0.15, 0.2) is 0 Å². The third kappa shape index (κ3) is 5.53. The van der Waals surface area contributed by atoms with Crippen LogP contribution in [0.25, 0.3) is 6.08 Å². The number of carbonyl (C=O) groups excluding carboxylic acids is 3. The summed E-state index contributed by atoms with van der Waals surface area (Å²) in [6, 6.07) is 18.4. The van der Waals surface area contributed by atoms with Gasteiger partial charge in [0.25, 0.3) is 11.8 Å². The van der Waals surface area contributed by atoms with Crippen LogP contribution < -0.4 is 19.7 Å². The monoisotopic (exact) mass is 490 g/mol. The fourth-order valence-electron chi connectivity index (χ4n) is 3.51. The minimum absolute atomic E-state index is 0.221. The zero-order valence-corrected chi connectivity index (χ0v) is 20.0. The minimum Gasteiger partial charge on any atom is -0.494 e. The summed E-state index contributed by atoms with van der Waals surface area (Å²) in [6.45, 7) is 4.63. The average Bonchev–Trinajstić information content (AvgIpc) is 2.83. The van der Waals surface area contributed by atoms with E-state index in [1.54, 1.807) is 42.5 Å². The molecule has 1 N–H and O–H groups in total. The van der Waals surface area contributed by atoms with Crippen molar-refractivity contribution in [1.29, 1.82) is 0 Å². The van der Waals surface area contributed by atoms with Gasteiger partial charge in [-0.25, -0.2) is 9.69 Å². The van der Waals surface area contributed by atoms with E-state index in [1.807, 2.05) is 38.1 Å². The van der Waals surface area contributed by atoms with Crippen LogP contribution in [0.15, 0.2) is 72.3 Å². The molecule has 3 aromatic rings. The summed E-state index contributed by atoms with van der Waals surface area (Å²) in [7, 11) is 0. The molecule has 1 heterocycles. The minimum atomic E-state index is -0.830. The summed E-state index contributed by atoms with van der Waals surface area (Å²) < 4.78 is 11.4. The van der Waals surface area contributed by atoms with E-state index in [1.165, 1.54) is 6.08 Å². The van der Waals surface area contributed by atoms with Crippen LogP contribution in [-0.4, -0.2) is 24.5 Å². The van der Waals surface area contributed by atoms with E-state index < -0.39 is 17.8 Å². The fraction of sp³-hybridized carbons (Fsp3) is 0.148. The molecule has 0 bridgehead atoms. The van der Waals surface area contributed by atoms with Crippen molar-refractivity contribution in [3.05, 3.63) is 94.0 Å². The Morgan fingerprint density at radius 2 is 1.66 bits per heavy atom. The maximum atomic E-state index is 13.2. The van der Waals surface area contributed by atoms with Crippen LogP contribution in [0.2, 0.25) is 5.02 Å². The lowest BCUT2D eigenvalue weighted by Crippen LogP contribution is -2.54. The second-order valence-corrected chi connectivity index (χ2v) is 8.28. The molecule has 1 saturated heterocycles. The molecule has 0 radical (unpaired) electrons. The van der Waals surface area contributed by atoms with E-state index >= 15 is 0 Å². The molecule has 8 heteroatoms. The van der Waals surface area contributed by atoms with Crippen LogP contribution in [0, 0.1) is 6.92 Å². The molecular weight excluding hydrogens is 468 g/mol. The molecule has 7 nitrogen and oxygen atoms in total. The van der Waals surface area contributed by atoms with Crippen molar-refractivity contribution < 1.29 is 23.9 Å². The highest BCUT2D eigenvalue weighted by atomic mass is 35.5. The second-order valence-electron chi connectivity index (χ2n) is 7.84. The number of benzene rings is 3. The van der Waals surface area contributed by atoms with Crippen molar-refractivity contribution in [2.24, 2.45) is 0 Å². The fourth-order valence-corrected chi connectivity index (χ4v) is 3.70. The van der Waals surface area contributed by atoms with E-state index in [2.05, 4.69) is 5.32 Å². The smallest absolute Gasteiger partial charge is 0.335 e. The van der Waals surface area contributed by atoms with Gasteiger partial charge in [-0.2, -0.15) is 0 Å². The highest BCUT2D eigenvalue weighted by molar-refractivity contribution is 6.39. The molecule has 35 heavy (non-hydrogen) atoms. The lowest BCUT2D eigenvalue weighted by molar-refractivity contribution is -0.122. The maximum Gasteiger partial charge on any atom is 0.335 e. The van der Waals surface area contributed by atoms with Gasteiger partial charge in [0.05, 0.1) is 12.3 Å². The topological polar surface area (TPSA) is 84.9 Å². The number of carbonyl (C=O) groups is 3. The number of nitrogens with zero attached hydrogens (tertiary/aromatic N) is 1. The van der Waals surface area contributed by atoms with Crippen molar-refractivity contribution in [2.45, 2.75) is 20.5 Å². The summed E-state index contributed by atoms with van der Waals surface area (Å²) >= 11 is 6.18. The molecule has 1 aliphatic rings. The van der Waals surface area contributed by atoms with Gasteiger partial charge in [-0.1, -0.05) is 41.4 Å². The molecule has 0 saturated carbocycles. The summed E-state index contributed by atoms with van der Waals surface area (Å²) in [4.78, 5) is 39.2. The van der Waals surface area contributed by atoms with Crippen molar-refractivity contribution in [1.82, 2.24) is 5.32 Å². The molecule has 0 atom stereocenters. The predicted octanol–water partition coefficient (Wildman–Crippen LogP) is 5.29. The lowest BCUT2D eigenvalue weighted by Gasteiger charge is -2.26. The van der Waals surface area contributed by atoms with Gasteiger partial charge in [-0.05, 0) is 68.0 Å². The molecule has 178 valence electrons. The Kier molecular flexibility index (Phi) is 7.17. The van der Waals surface area contributed by atoms with Gasteiger partial charge >= 0.3 is 6.03 Å². The Morgan fingerprint density at radius 3 is 2.34 bits per heavy atom. The number of aryl methyl sites for hydroxylation is 1. The van der Waals surface area contributed by atoms with E-state index in [-0.39, 0.29) is 12.2 Å². The Hall–Kier alpha value is -4.10. The number of halogens is 1. The number of barbiturate groups is 1. The first-order valence-electron chi connectivity index (χ1n) is 11.0. The third-order valence-corrected chi connectivity index (χ3v) is 5.53. The van der Waals surface area contributed by atoms with Crippen LogP contribution >= 0.6 is 11.6 Å². The number of hydrogen-bond donors (Lipinski definition) is 1. The van der Waals surface area contributed by atoms with Gasteiger partial charge in [0.2, 0.25) is 0 Å². The third-order valence-electron chi connectivity index (χ3n) is 5.29. The van der Waals surface area contributed by atoms with Crippen LogP contribution in [0.5, 0.6) is 11.5 Å². The number of ether oxygens (including phenoxy) is 2. The summed E-state index contributed by atoms with van der Waals surface area (Å²) in [5, 5.41) is 2.62. The zero-order chi connectivity index (χ0) is 24.9. The molecule has 1 aliphatic heterocycles. The Morgan fingerprint density at radius 1 is 0.943 bits per heavy atom. The number of anilines is 1. The number of urea groups is 1. The molecule has 0 spiro atoms. The quantitative estimate of drug-likeness (QED) is 0.359. The van der Waals surface area contributed by atoms with Crippen LogP contribution in [-0.2, 0) is 16.2 Å². The van der Waals surface area contributed by atoms with E-state index in [0.717, 1.165) is 16.0 Å². The van der Waals surface area contributed by atoms with Gasteiger partial charge < -0.3 is 9.47 Å². The number of rotatable bonds is 7. The Bertz CT molecular complexity index is 1300. The van der Waals surface area contributed by atoms with Crippen molar-refractivity contribution in [3.8, 4) is 11.5 Å². The summed E-state index contributed by atoms with van der Waals surface area (Å²) in [5.74, 6) is -0.520. The number of imide groups is 2. The van der Waals surface area contributed by atoms with Crippen molar-refractivity contribution in [2.75, 3.05) is 11.5 Å². The Labute approximate surface area is 207 Å². The molecule has 3 aromatic carbocycles. The molecule has 0 aliphatic carbocycles. The van der Waals surface area contributed by atoms with Gasteiger partial charge in [-0.15, -0.1) is 0 Å². The van der Waals surface area contributed by atoms with Crippen LogP contribution in [0.1, 0.15) is 23.6 Å². The normalized spacial score (nSPS) is 14.8. The highest BCUT2D eigenvalue weighted by Crippen LogP contribution is 2.29. The molecule has 0 aromatic heterocycles. The molecule has 4 amide bonds. The zero-order valence-electron chi connectivity index (χ0n) is 19.2. The largest absolute Gasteiger partial charge is 0.494 e. The van der Waals surface area contributed by atoms with Crippen LogP contribution in [0.3, 0.4) is 0 Å². The molecule has 1 fully saturated rings. The van der Waals surface area contributed by atoms with E-state index in [9.17, 15) is 14.4 Å². The SMILES string of the molecule is CCOc1ccc(N2C(=O)NC(=O)/C(=C\c3cc(Cl)ccc3OCc3ccc(C)cc3)C2=O)cc1. The second kappa shape index (κ2) is 10.4. The first kappa shape index (κ1) is 24.0. The van der Waals surface area contributed by atoms with Crippen LogP contribution in [0.4, 0.5) is 10.5 Å². The standard InChI is InChI=1S/C27H23ClN2O5/c1-3-34-22-11-9-21(10-12-22)30-26(32)23(25(31)29-27(30)33)15-19-14-20(28)8-13-24(19)35-16-18-6-4-17(2)5-7-18/h4-15H,3,16H2,1-2H3,(H,29,31,33)/b23-15+. The lowest BCUT2D eigenvalue weighted by atomic mass is 10.1. The maximum absolute atomic E-state index is 13.2. The first-order chi connectivity index (χ1) is 16.9. The summed E-state index contributed by atoms with van der Waals surface area (Å²) in [5.41, 5.74) is 2.61. The molecule has 4 rings (SSSR count). The molecular formula is C27H23ClN2O5. The van der Waals surface area contributed by atoms with Crippen molar-refractivity contribution in [3.63, 3.8) is 0 Å². The number of amides is 4. The number of hydrogen-bond acceptors (Lipinski definition) is 5. The summed E-state index contributed by atoms with van der Waals surface area (Å²) in [6.07, 6.45) is 1.38. The number of nitrogens with one attached hydrogen (secondary N) is 1. The van der Waals surface area contributed by atoms with Gasteiger partial charge in [0, 0.05) is 10.6 Å². The highest BCUT2D eigenvalue weighted by Gasteiger charge is 2.37. The predicted molar refractivity (Wildman–Crippen MR) is 134 cm³/mol.